The molecule has 1 aromatic heterocycles. The molecule has 0 saturated carbocycles. The van der Waals surface area contributed by atoms with Gasteiger partial charge in [0.2, 0.25) is 10.0 Å². The molecule has 1 fully saturated rings. The summed E-state index contributed by atoms with van der Waals surface area (Å²) < 4.78 is 32.1. The lowest BCUT2D eigenvalue weighted by Crippen LogP contribution is -2.40. The van der Waals surface area contributed by atoms with Gasteiger partial charge < -0.3 is 4.42 Å². The Hall–Kier alpha value is -1.66. The molecule has 2 heterocycles. The van der Waals surface area contributed by atoms with E-state index in [1.807, 2.05) is 26.0 Å². The maximum atomic E-state index is 12.7. The third-order valence-electron chi connectivity index (χ3n) is 4.09. The van der Waals surface area contributed by atoms with Gasteiger partial charge >= 0.3 is 5.63 Å². The minimum absolute atomic E-state index is 0.264. The fourth-order valence-corrected chi connectivity index (χ4v) is 4.53. The molecule has 0 radical (unpaired) electrons. The summed E-state index contributed by atoms with van der Waals surface area (Å²) in [4.78, 5) is 11.9. The van der Waals surface area contributed by atoms with Crippen LogP contribution in [-0.4, -0.2) is 25.8 Å². The van der Waals surface area contributed by atoms with E-state index in [1.165, 1.54) is 10.4 Å². The minimum atomic E-state index is -3.80. The number of fused-ring (bicyclic) bond motifs is 1. The minimum Gasteiger partial charge on any atom is -0.422 e. The van der Waals surface area contributed by atoms with Gasteiger partial charge in [0.25, 0.3) is 0 Å². The molecule has 22 heavy (non-hydrogen) atoms. The Labute approximate surface area is 129 Å². The van der Waals surface area contributed by atoms with Crippen molar-refractivity contribution in [2.75, 3.05) is 13.1 Å². The molecule has 0 unspecified atom stereocenters. The number of hydrogen-bond acceptors (Lipinski definition) is 4. The Morgan fingerprint density at radius 3 is 2.77 bits per heavy atom. The summed E-state index contributed by atoms with van der Waals surface area (Å²) in [7, 11) is -3.80. The molecule has 0 aliphatic carbocycles. The monoisotopic (exact) mass is 321 g/mol. The Balaban J connectivity index is 2.12. The molecule has 0 spiro atoms. The molecule has 1 aromatic carbocycles. The van der Waals surface area contributed by atoms with Crippen LogP contribution in [0.15, 0.2) is 38.4 Å². The number of sulfonamides is 1. The molecule has 1 atom stereocenters. The van der Waals surface area contributed by atoms with Crippen LogP contribution >= 0.6 is 0 Å². The molecule has 118 valence electrons. The van der Waals surface area contributed by atoms with Gasteiger partial charge in [0.15, 0.2) is 4.90 Å². The smallest absolute Gasteiger partial charge is 0.356 e. The maximum Gasteiger partial charge on any atom is 0.356 e. The second-order valence-corrected chi connectivity index (χ2v) is 7.96. The highest BCUT2D eigenvalue weighted by Crippen LogP contribution is 2.24. The lowest BCUT2D eigenvalue weighted by Gasteiger charge is -2.29. The second-order valence-electron chi connectivity index (χ2n) is 6.05. The third-order valence-corrected chi connectivity index (χ3v) is 5.95. The summed E-state index contributed by atoms with van der Waals surface area (Å²) in [5.74, 6) is 0.304. The lowest BCUT2D eigenvalue weighted by atomic mass is 10.0. The summed E-state index contributed by atoms with van der Waals surface area (Å²) in [5.41, 5.74) is 0.590. The van der Waals surface area contributed by atoms with Gasteiger partial charge in [0.1, 0.15) is 5.58 Å². The Bertz CT molecular complexity index is 869. The van der Waals surface area contributed by atoms with Crippen molar-refractivity contribution in [2.45, 2.75) is 31.6 Å². The van der Waals surface area contributed by atoms with Crippen molar-refractivity contribution in [3.63, 3.8) is 0 Å². The highest BCUT2D eigenvalue weighted by molar-refractivity contribution is 7.89. The summed E-state index contributed by atoms with van der Waals surface area (Å²) in [5, 5.41) is 0.628. The first kappa shape index (κ1) is 15.2. The van der Waals surface area contributed by atoms with E-state index in [1.54, 1.807) is 6.07 Å². The van der Waals surface area contributed by atoms with Crippen LogP contribution in [0.4, 0.5) is 0 Å². The van der Waals surface area contributed by atoms with Crippen molar-refractivity contribution >= 4 is 21.0 Å². The van der Waals surface area contributed by atoms with Gasteiger partial charge in [-0.25, -0.2) is 13.2 Å². The van der Waals surface area contributed by atoms with Crippen molar-refractivity contribution in [2.24, 2.45) is 5.92 Å². The summed E-state index contributed by atoms with van der Waals surface area (Å²) in [6.45, 7) is 4.84. The Morgan fingerprint density at radius 2 is 2.05 bits per heavy atom. The van der Waals surface area contributed by atoms with Crippen LogP contribution in [0.3, 0.4) is 0 Å². The summed E-state index contributed by atoms with van der Waals surface area (Å²) in [6, 6.07) is 6.76. The summed E-state index contributed by atoms with van der Waals surface area (Å²) in [6.07, 6.45) is 1.83. The molecule has 1 saturated heterocycles. The molecule has 1 aliphatic rings. The standard InChI is InChI=1S/C16H19NO4S/c1-11-5-6-14-13(8-11)9-15(16(18)21-14)22(19,20)17-7-3-4-12(2)10-17/h5-6,8-9,12H,3-4,7,10H2,1-2H3/t12-/m0/s1. The van der Waals surface area contributed by atoms with Crippen molar-refractivity contribution in [1.82, 2.24) is 4.31 Å². The second kappa shape index (κ2) is 5.52. The average Bonchev–Trinajstić information content (AvgIpc) is 2.47. The number of rotatable bonds is 2. The summed E-state index contributed by atoms with van der Waals surface area (Å²) >= 11 is 0. The highest BCUT2D eigenvalue weighted by atomic mass is 32.2. The first-order valence-corrected chi connectivity index (χ1v) is 8.86. The van der Waals surface area contributed by atoms with Crippen molar-refractivity contribution in [1.29, 1.82) is 0 Å². The van der Waals surface area contributed by atoms with Crippen LogP contribution < -0.4 is 5.63 Å². The number of aryl methyl sites for hydroxylation is 1. The van der Waals surface area contributed by atoms with Crippen molar-refractivity contribution in [3.05, 3.63) is 40.2 Å². The van der Waals surface area contributed by atoms with Crippen LogP contribution in [0.5, 0.6) is 0 Å². The van der Waals surface area contributed by atoms with E-state index in [2.05, 4.69) is 0 Å². The van der Waals surface area contributed by atoms with Gasteiger partial charge in [-0.3, -0.25) is 0 Å². The van der Waals surface area contributed by atoms with Crippen molar-refractivity contribution < 1.29 is 12.8 Å². The Morgan fingerprint density at radius 1 is 1.27 bits per heavy atom. The van der Waals surface area contributed by atoms with Crippen LogP contribution in [0, 0.1) is 12.8 Å². The Kier molecular flexibility index (Phi) is 3.82. The third kappa shape index (κ3) is 2.68. The van der Waals surface area contributed by atoms with Crippen LogP contribution in [-0.2, 0) is 10.0 Å². The predicted molar refractivity (Wildman–Crippen MR) is 84.4 cm³/mol. The molecule has 0 amide bonds. The zero-order chi connectivity index (χ0) is 15.9. The number of nitrogens with zero attached hydrogens (tertiary/aromatic N) is 1. The average molecular weight is 321 g/mol. The molecular formula is C16H19NO4S. The first-order chi connectivity index (χ1) is 10.4. The maximum absolute atomic E-state index is 12.7. The molecule has 6 heteroatoms. The highest BCUT2D eigenvalue weighted by Gasteiger charge is 2.31. The van der Waals surface area contributed by atoms with Crippen LogP contribution in [0.25, 0.3) is 11.0 Å². The van der Waals surface area contributed by atoms with Gasteiger partial charge in [-0.05, 0) is 43.9 Å². The number of piperidine rings is 1. The van der Waals surface area contributed by atoms with E-state index in [0.717, 1.165) is 18.4 Å². The fourth-order valence-electron chi connectivity index (χ4n) is 2.91. The molecule has 5 nitrogen and oxygen atoms in total. The van der Waals surface area contributed by atoms with E-state index in [9.17, 15) is 13.2 Å². The lowest BCUT2D eigenvalue weighted by molar-refractivity contribution is 0.280. The molecule has 0 bridgehead atoms. The van der Waals surface area contributed by atoms with Crippen LogP contribution in [0.2, 0.25) is 0 Å². The van der Waals surface area contributed by atoms with E-state index in [4.69, 9.17) is 4.42 Å². The molecule has 3 rings (SSSR count). The largest absolute Gasteiger partial charge is 0.422 e. The quantitative estimate of drug-likeness (QED) is 0.797. The van der Waals surface area contributed by atoms with Gasteiger partial charge in [0.05, 0.1) is 0 Å². The zero-order valence-corrected chi connectivity index (χ0v) is 13.5. The first-order valence-electron chi connectivity index (χ1n) is 7.42. The van der Waals surface area contributed by atoms with Gasteiger partial charge in [0, 0.05) is 18.5 Å². The van der Waals surface area contributed by atoms with Crippen molar-refractivity contribution in [3.8, 4) is 0 Å². The SMILES string of the molecule is Cc1ccc2oc(=O)c(S(=O)(=O)N3CCC[C@H](C)C3)cc2c1. The van der Waals surface area contributed by atoms with Crippen LogP contribution in [0.1, 0.15) is 25.3 Å². The topological polar surface area (TPSA) is 67.6 Å². The predicted octanol–water partition coefficient (Wildman–Crippen LogP) is 2.52. The molecule has 1 aliphatic heterocycles. The normalized spacial score (nSPS) is 20.4. The van der Waals surface area contributed by atoms with E-state index in [-0.39, 0.29) is 4.90 Å². The van der Waals surface area contributed by atoms with E-state index in [0.29, 0.717) is 30.0 Å². The number of hydrogen-bond donors (Lipinski definition) is 0. The molecule has 0 N–H and O–H groups in total. The zero-order valence-electron chi connectivity index (χ0n) is 12.7. The fraction of sp³-hybridized carbons (Fsp3) is 0.438. The molecular weight excluding hydrogens is 302 g/mol. The van der Waals surface area contributed by atoms with Gasteiger partial charge in [-0.2, -0.15) is 4.31 Å². The number of benzene rings is 1. The molecule has 2 aromatic rings. The van der Waals surface area contributed by atoms with Gasteiger partial charge in [-0.1, -0.05) is 18.6 Å². The van der Waals surface area contributed by atoms with E-state index < -0.39 is 15.6 Å². The van der Waals surface area contributed by atoms with E-state index >= 15 is 0 Å². The van der Waals surface area contributed by atoms with Gasteiger partial charge in [-0.15, -0.1) is 0 Å².